The molecule has 0 aromatic rings. The lowest BCUT2D eigenvalue weighted by Crippen LogP contribution is -2.41. The maximum atomic E-state index is 6.92. The lowest BCUT2D eigenvalue weighted by atomic mass is 9.94. The molecule has 0 aliphatic carbocycles. The molecule has 37 heavy (non-hydrogen) atoms. The summed E-state index contributed by atoms with van der Waals surface area (Å²) in [6, 6.07) is 0. The van der Waals surface area contributed by atoms with Crippen LogP contribution < -0.4 is 0 Å². The van der Waals surface area contributed by atoms with Gasteiger partial charge in [-0.2, -0.15) is 0 Å². The Bertz CT molecular complexity index is 453. The van der Waals surface area contributed by atoms with Crippen molar-refractivity contribution in [2.45, 2.75) is 218 Å². The Labute approximate surface area is 232 Å². The standard InChI is InChI=1S/C34H66O3/c1-5-7-9-11-13-15-17-19-21-23-31(27-33-25-29(3)35-33)37-32(28-34-26-30(4)36-34)24-22-20-18-16-14-12-10-8-6-2/h29-34H,5-28H2,1-4H3. The van der Waals surface area contributed by atoms with Gasteiger partial charge in [0.15, 0.2) is 0 Å². The van der Waals surface area contributed by atoms with E-state index in [9.17, 15) is 0 Å². The molecule has 0 amide bonds. The quantitative estimate of drug-likeness (QED) is 0.106. The Morgan fingerprint density at radius 3 is 1.11 bits per heavy atom. The molecule has 2 aliphatic heterocycles. The second kappa shape index (κ2) is 21.7. The molecular formula is C34H66O3. The molecule has 0 aromatic carbocycles. The lowest BCUT2D eigenvalue weighted by molar-refractivity contribution is -0.160. The predicted molar refractivity (Wildman–Crippen MR) is 159 cm³/mol. The molecule has 0 radical (unpaired) electrons. The fourth-order valence-electron chi connectivity index (χ4n) is 6.39. The Kier molecular flexibility index (Phi) is 19.4. The molecule has 6 unspecified atom stereocenters. The van der Waals surface area contributed by atoms with Crippen LogP contribution in [0.5, 0.6) is 0 Å². The summed E-state index contributed by atoms with van der Waals surface area (Å²) in [5, 5.41) is 0. The van der Waals surface area contributed by atoms with Gasteiger partial charge in [0.25, 0.3) is 0 Å². The fourth-order valence-corrected chi connectivity index (χ4v) is 6.39. The van der Waals surface area contributed by atoms with E-state index in [1.165, 1.54) is 141 Å². The third kappa shape index (κ3) is 16.6. The molecule has 0 saturated carbocycles. The summed E-state index contributed by atoms with van der Waals surface area (Å²) < 4.78 is 19.0. The van der Waals surface area contributed by atoms with Gasteiger partial charge >= 0.3 is 0 Å². The molecule has 6 atom stereocenters. The van der Waals surface area contributed by atoms with Crippen molar-refractivity contribution in [1.82, 2.24) is 0 Å². The molecule has 3 nitrogen and oxygen atoms in total. The third-order valence-electron chi connectivity index (χ3n) is 8.73. The van der Waals surface area contributed by atoms with Gasteiger partial charge in [0.1, 0.15) is 0 Å². The highest BCUT2D eigenvalue weighted by Crippen LogP contribution is 2.31. The number of ether oxygens (including phenoxy) is 3. The van der Waals surface area contributed by atoms with Crippen LogP contribution in [0.15, 0.2) is 0 Å². The number of unbranched alkanes of at least 4 members (excludes halogenated alkanes) is 16. The number of rotatable bonds is 26. The molecule has 2 heterocycles. The van der Waals surface area contributed by atoms with E-state index in [2.05, 4.69) is 27.7 Å². The molecule has 0 aromatic heterocycles. The first kappa shape index (κ1) is 33.1. The molecule has 2 rings (SSSR count). The van der Waals surface area contributed by atoms with Crippen molar-refractivity contribution in [3.8, 4) is 0 Å². The molecule has 0 N–H and O–H groups in total. The minimum absolute atomic E-state index is 0.364. The van der Waals surface area contributed by atoms with Crippen molar-refractivity contribution in [1.29, 1.82) is 0 Å². The normalized spacial score (nSPS) is 25.0. The van der Waals surface area contributed by atoms with Gasteiger partial charge in [-0.3, -0.25) is 0 Å². The van der Waals surface area contributed by atoms with E-state index < -0.39 is 0 Å². The van der Waals surface area contributed by atoms with E-state index in [0.29, 0.717) is 36.6 Å². The van der Waals surface area contributed by atoms with Gasteiger partial charge in [0.2, 0.25) is 0 Å². The summed E-state index contributed by atoms with van der Waals surface area (Å²) in [5.41, 5.74) is 0. The zero-order valence-electron chi connectivity index (χ0n) is 25.7. The molecule has 0 spiro atoms. The van der Waals surface area contributed by atoms with Gasteiger partial charge in [0, 0.05) is 0 Å². The zero-order valence-corrected chi connectivity index (χ0v) is 25.7. The first-order valence-electron chi connectivity index (χ1n) is 17.1. The highest BCUT2D eigenvalue weighted by Gasteiger charge is 2.32. The van der Waals surface area contributed by atoms with E-state index in [1.807, 2.05) is 0 Å². The largest absolute Gasteiger partial charge is 0.375 e. The third-order valence-corrected chi connectivity index (χ3v) is 8.73. The van der Waals surface area contributed by atoms with Gasteiger partial charge < -0.3 is 14.2 Å². The lowest BCUT2D eigenvalue weighted by Gasteiger charge is -2.39. The average Bonchev–Trinajstić information content (AvgIpc) is 2.84. The molecule has 0 bridgehead atoms. The molecule has 3 heteroatoms. The zero-order chi connectivity index (χ0) is 26.6. The second-order valence-corrected chi connectivity index (χ2v) is 12.7. The summed E-state index contributed by atoms with van der Waals surface area (Å²) in [4.78, 5) is 0. The van der Waals surface area contributed by atoms with E-state index in [0.717, 1.165) is 12.8 Å². The van der Waals surface area contributed by atoms with Crippen LogP contribution in [0.1, 0.15) is 182 Å². The fraction of sp³-hybridized carbons (Fsp3) is 1.00. The van der Waals surface area contributed by atoms with Crippen LogP contribution in [-0.2, 0) is 14.2 Å². The van der Waals surface area contributed by atoms with Crippen LogP contribution in [0.3, 0.4) is 0 Å². The highest BCUT2D eigenvalue weighted by molar-refractivity contribution is 4.81. The van der Waals surface area contributed by atoms with Gasteiger partial charge in [-0.05, 0) is 52.4 Å². The Balaban J connectivity index is 1.69. The van der Waals surface area contributed by atoms with Crippen molar-refractivity contribution < 1.29 is 14.2 Å². The molecule has 220 valence electrons. The smallest absolute Gasteiger partial charge is 0.0628 e. The van der Waals surface area contributed by atoms with Crippen molar-refractivity contribution in [2.24, 2.45) is 0 Å². The Hall–Kier alpha value is -0.120. The minimum atomic E-state index is 0.364. The van der Waals surface area contributed by atoms with Crippen LogP contribution in [-0.4, -0.2) is 36.6 Å². The second-order valence-electron chi connectivity index (χ2n) is 12.7. The summed E-state index contributed by atoms with van der Waals surface area (Å²) >= 11 is 0. The van der Waals surface area contributed by atoms with Crippen molar-refractivity contribution in [3.05, 3.63) is 0 Å². The van der Waals surface area contributed by atoms with Gasteiger partial charge in [-0.15, -0.1) is 0 Å². The highest BCUT2D eigenvalue weighted by atomic mass is 16.5. The van der Waals surface area contributed by atoms with Crippen molar-refractivity contribution in [3.63, 3.8) is 0 Å². The Morgan fingerprint density at radius 2 is 0.811 bits per heavy atom. The molecule has 2 saturated heterocycles. The van der Waals surface area contributed by atoms with Crippen LogP contribution in [0.2, 0.25) is 0 Å². The predicted octanol–water partition coefficient (Wildman–Crippen LogP) is 10.7. The van der Waals surface area contributed by atoms with Gasteiger partial charge in [-0.1, -0.05) is 129 Å². The minimum Gasteiger partial charge on any atom is -0.375 e. The van der Waals surface area contributed by atoms with E-state index in [4.69, 9.17) is 14.2 Å². The Morgan fingerprint density at radius 1 is 0.514 bits per heavy atom. The van der Waals surface area contributed by atoms with Gasteiger partial charge in [-0.25, -0.2) is 0 Å². The van der Waals surface area contributed by atoms with Crippen LogP contribution in [0.25, 0.3) is 0 Å². The molecule has 2 aliphatic rings. The van der Waals surface area contributed by atoms with Crippen LogP contribution in [0, 0.1) is 0 Å². The summed E-state index contributed by atoms with van der Waals surface area (Å²) in [6.45, 7) is 9.01. The van der Waals surface area contributed by atoms with E-state index in [1.54, 1.807) is 0 Å². The van der Waals surface area contributed by atoms with Crippen LogP contribution >= 0.6 is 0 Å². The van der Waals surface area contributed by atoms with Crippen molar-refractivity contribution >= 4 is 0 Å². The monoisotopic (exact) mass is 523 g/mol. The first-order valence-corrected chi connectivity index (χ1v) is 17.1. The first-order chi connectivity index (χ1) is 18.1. The maximum Gasteiger partial charge on any atom is 0.0628 e. The SMILES string of the molecule is CCCCCCCCCCCC(CC1CC(C)O1)OC(CCCCCCCCCCC)CC1CC(C)O1. The van der Waals surface area contributed by atoms with E-state index >= 15 is 0 Å². The maximum absolute atomic E-state index is 6.92. The summed E-state index contributed by atoms with van der Waals surface area (Å²) in [5.74, 6) is 0. The average molecular weight is 523 g/mol. The summed E-state index contributed by atoms with van der Waals surface area (Å²) in [7, 11) is 0. The van der Waals surface area contributed by atoms with E-state index in [-0.39, 0.29) is 0 Å². The van der Waals surface area contributed by atoms with Crippen molar-refractivity contribution in [2.75, 3.05) is 0 Å². The van der Waals surface area contributed by atoms with Gasteiger partial charge in [0.05, 0.1) is 36.6 Å². The topological polar surface area (TPSA) is 27.7 Å². The molecule has 2 fully saturated rings. The number of hydrogen-bond acceptors (Lipinski definition) is 3. The summed E-state index contributed by atoms with van der Waals surface area (Å²) in [6.07, 6.45) is 34.5. The number of hydrogen-bond donors (Lipinski definition) is 0. The van der Waals surface area contributed by atoms with Crippen LogP contribution in [0.4, 0.5) is 0 Å². The molecular weight excluding hydrogens is 456 g/mol.